The van der Waals surface area contributed by atoms with E-state index in [0.29, 0.717) is 5.56 Å². The molecule has 0 bridgehead atoms. The Morgan fingerprint density at radius 3 is 2.29 bits per heavy atom. The van der Waals surface area contributed by atoms with E-state index in [1.165, 1.54) is 38.5 Å². The van der Waals surface area contributed by atoms with Crippen LogP contribution in [0.25, 0.3) is 0 Å². The van der Waals surface area contributed by atoms with E-state index >= 15 is 0 Å². The van der Waals surface area contributed by atoms with Crippen LogP contribution in [0.5, 0.6) is 5.75 Å². The standard InChI is InChI=1S/C22H26N2O7/c1-28-20(25)14-31-19-10-9-16(11-17(19)22(27)29-2)12-18(23)21(26)24(30-3)13-15-7-5-4-6-8-15/h4-11,18H,12-14,23H2,1-3H3. The van der Waals surface area contributed by atoms with Crippen LogP contribution < -0.4 is 10.5 Å². The van der Waals surface area contributed by atoms with Crippen molar-refractivity contribution in [2.75, 3.05) is 27.9 Å². The van der Waals surface area contributed by atoms with Gasteiger partial charge in [0.25, 0.3) is 5.91 Å². The molecule has 2 rings (SSSR count). The molecular formula is C22H26N2O7. The number of methoxy groups -OCH3 is 2. The number of hydrogen-bond donors (Lipinski definition) is 1. The van der Waals surface area contributed by atoms with Gasteiger partial charge < -0.3 is 19.9 Å². The van der Waals surface area contributed by atoms with Crippen molar-refractivity contribution >= 4 is 17.8 Å². The highest BCUT2D eigenvalue weighted by Crippen LogP contribution is 2.22. The SMILES string of the molecule is COC(=O)COc1ccc(CC(N)C(=O)N(Cc2ccccc2)OC)cc1C(=O)OC. The molecule has 2 aromatic carbocycles. The monoisotopic (exact) mass is 430 g/mol. The molecule has 0 saturated heterocycles. The first-order valence-electron chi connectivity index (χ1n) is 9.45. The summed E-state index contributed by atoms with van der Waals surface area (Å²) >= 11 is 0. The largest absolute Gasteiger partial charge is 0.481 e. The summed E-state index contributed by atoms with van der Waals surface area (Å²) in [5.41, 5.74) is 7.73. The first-order valence-corrected chi connectivity index (χ1v) is 9.45. The number of amides is 1. The molecule has 9 heteroatoms. The van der Waals surface area contributed by atoms with Crippen LogP contribution in [0.3, 0.4) is 0 Å². The average Bonchev–Trinajstić information content (AvgIpc) is 2.80. The lowest BCUT2D eigenvalue weighted by Gasteiger charge is -2.23. The normalized spacial score (nSPS) is 11.4. The maximum absolute atomic E-state index is 12.7. The van der Waals surface area contributed by atoms with E-state index in [1.807, 2.05) is 30.3 Å². The minimum Gasteiger partial charge on any atom is -0.481 e. The van der Waals surface area contributed by atoms with Crippen molar-refractivity contribution in [2.45, 2.75) is 19.0 Å². The third-order valence-electron chi connectivity index (χ3n) is 4.43. The van der Waals surface area contributed by atoms with Crippen molar-refractivity contribution in [2.24, 2.45) is 5.73 Å². The van der Waals surface area contributed by atoms with Crippen molar-refractivity contribution in [3.63, 3.8) is 0 Å². The van der Waals surface area contributed by atoms with Crippen LogP contribution in [0, 0.1) is 0 Å². The van der Waals surface area contributed by atoms with Gasteiger partial charge in [-0.2, -0.15) is 0 Å². The smallest absolute Gasteiger partial charge is 0.343 e. The van der Waals surface area contributed by atoms with Crippen LogP contribution in [0.15, 0.2) is 48.5 Å². The van der Waals surface area contributed by atoms with Crippen LogP contribution in [0.1, 0.15) is 21.5 Å². The zero-order valence-electron chi connectivity index (χ0n) is 17.7. The second kappa shape index (κ2) is 11.7. The van der Waals surface area contributed by atoms with E-state index in [9.17, 15) is 14.4 Å². The number of carbonyl (C=O) groups is 3. The lowest BCUT2D eigenvalue weighted by atomic mass is 10.0. The molecule has 0 radical (unpaired) electrons. The quantitative estimate of drug-likeness (QED) is 0.445. The third-order valence-corrected chi connectivity index (χ3v) is 4.43. The molecule has 0 saturated carbocycles. The number of hydrogen-bond acceptors (Lipinski definition) is 8. The van der Waals surface area contributed by atoms with Crippen molar-refractivity contribution in [1.29, 1.82) is 0 Å². The zero-order valence-corrected chi connectivity index (χ0v) is 17.7. The number of esters is 2. The summed E-state index contributed by atoms with van der Waals surface area (Å²) in [7, 11) is 3.86. The van der Waals surface area contributed by atoms with Crippen LogP contribution in [-0.4, -0.2) is 56.9 Å². The molecule has 1 atom stereocenters. The molecule has 166 valence electrons. The molecule has 0 heterocycles. The number of ether oxygens (including phenoxy) is 3. The number of hydroxylamine groups is 2. The Bertz CT molecular complexity index is 902. The molecule has 0 spiro atoms. The van der Waals surface area contributed by atoms with Crippen molar-refractivity contribution < 1.29 is 33.4 Å². The van der Waals surface area contributed by atoms with Crippen molar-refractivity contribution in [3.05, 3.63) is 65.2 Å². The summed E-state index contributed by atoms with van der Waals surface area (Å²) in [6.07, 6.45) is 0.148. The minimum absolute atomic E-state index is 0.108. The molecule has 31 heavy (non-hydrogen) atoms. The van der Waals surface area contributed by atoms with Gasteiger partial charge in [-0.05, 0) is 29.7 Å². The van der Waals surface area contributed by atoms with Crippen molar-refractivity contribution in [1.82, 2.24) is 5.06 Å². The lowest BCUT2D eigenvalue weighted by Crippen LogP contribution is -2.44. The van der Waals surface area contributed by atoms with Gasteiger partial charge in [0.15, 0.2) is 6.61 Å². The van der Waals surface area contributed by atoms with Gasteiger partial charge in [-0.3, -0.25) is 9.63 Å². The number of nitrogens with zero attached hydrogens (tertiary/aromatic N) is 1. The summed E-state index contributed by atoms with van der Waals surface area (Å²) < 4.78 is 14.6. The maximum atomic E-state index is 12.7. The summed E-state index contributed by atoms with van der Waals surface area (Å²) in [6, 6.07) is 13.1. The second-order valence-corrected chi connectivity index (χ2v) is 6.54. The summed E-state index contributed by atoms with van der Waals surface area (Å²) in [6.45, 7) is -0.113. The van der Waals surface area contributed by atoms with E-state index in [4.69, 9.17) is 20.0 Å². The van der Waals surface area contributed by atoms with Gasteiger partial charge in [-0.15, -0.1) is 0 Å². The Hall–Kier alpha value is -3.43. The Balaban J connectivity index is 2.13. The minimum atomic E-state index is -0.906. The molecule has 9 nitrogen and oxygen atoms in total. The van der Waals surface area contributed by atoms with Gasteiger partial charge in [0.05, 0.1) is 33.9 Å². The topological polar surface area (TPSA) is 117 Å². The molecule has 2 aromatic rings. The Kier molecular flexibility index (Phi) is 8.98. The molecule has 0 aromatic heterocycles. The second-order valence-electron chi connectivity index (χ2n) is 6.54. The van der Waals surface area contributed by atoms with Crippen LogP contribution >= 0.6 is 0 Å². The van der Waals surface area contributed by atoms with Gasteiger partial charge in [0.1, 0.15) is 11.3 Å². The highest BCUT2D eigenvalue weighted by molar-refractivity contribution is 5.93. The van der Waals surface area contributed by atoms with Gasteiger partial charge in [-0.1, -0.05) is 36.4 Å². The predicted octanol–water partition coefficient (Wildman–Crippen LogP) is 1.48. The number of carbonyl (C=O) groups excluding carboxylic acids is 3. The predicted molar refractivity (Wildman–Crippen MR) is 111 cm³/mol. The van der Waals surface area contributed by atoms with Crippen molar-refractivity contribution in [3.8, 4) is 5.75 Å². The third kappa shape index (κ3) is 6.80. The van der Waals surface area contributed by atoms with Gasteiger partial charge in [-0.25, -0.2) is 14.7 Å². The molecule has 0 aliphatic carbocycles. The average molecular weight is 430 g/mol. The first-order chi connectivity index (χ1) is 14.9. The molecular weight excluding hydrogens is 404 g/mol. The Labute approximate surface area is 180 Å². The number of rotatable bonds is 10. The first kappa shape index (κ1) is 23.8. The maximum Gasteiger partial charge on any atom is 0.343 e. The van der Waals surface area contributed by atoms with Gasteiger partial charge in [0.2, 0.25) is 0 Å². The fraction of sp³-hybridized carbons (Fsp3) is 0.318. The number of benzene rings is 2. The van der Waals surface area contributed by atoms with Crippen LogP contribution in [0.2, 0.25) is 0 Å². The van der Waals surface area contributed by atoms with E-state index in [2.05, 4.69) is 4.74 Å². The van der Waals surface area contributed by atoms with Crippen LogP contribution in [-0.2, 0) is 36.9 Å². The lowest BCUT2D eigenvalue weighted by molar-refractivity contribution is -0.180. The molecule has 1 amide bonds. The summed E-state index contributed by atoms with van der Waals surface area (Å²) in [4.78, 5) is 41.4. The summed E-state index contributed by atoms with van der Waals surface area (Å²) in [5.74, 6) is -1.49. The number of nitrogens with two attached hydrogens (primary N) is 1. The van der Waals surface area contributed by atoms with E-state index in [1.54, 1.807) is 6.07 Å². The van der Waals surface area contributed by atoms with Crippen LogP contribution in [0.4, 0.5) is 0 Å². The summed E-state index contributed by atoms with van der Waals surface area (Å²) in [5, 5.41) is 1.19. The van der Waals surface area contributed by atoms with E-state index in [0.717, 1.165) is 5.56 Å². The van der Waals surface area contributed by atoms with E-state index < -0.39 is 23.9 Å². The molecule has 0 aliphatic rings. The Morgan fingerprint density at radius 2 is 1.68 bits per heavy atom. The fourth-order valence-corrected chi connectivity index (χ4v) is 2.80. The molecule has 0 aliphatic heterocycles. The zero-order chi connectivity index (χ0) is 22.8. The molecule has 1 unspecified atom stereocenters. The van der Waals surface area contributed by atoms with Gasteiger partial charge in [0, 0.05) is 0 Å². The molecule has 0 fully saturated rings. The highest BCUT2D eigenvalue weighted by atomic mass is 16.7. The highest BCUT2D eigenvalue weighted by Gasteiger charge is 2.23. The molecule has 2 N–H and O–H groups in total. The van der Waals surface area contributed by atoms with Gasteiger partial charge >= 0.3 is 11.9 Å². The fourth-order valence-electron chi connectivity index (χ4n) is 2.80. The van der Waals surface area contributed by atoms with E-state index in [-0.39, 0.29) is 30.9 Å². The Morgan fingerprint density at radius 1 is 0.968 bits per heavy atom.